The summed E-state index contributed by atoms with van der Waals surface area (Å²) in [5, 5.41) is 3.35. The van der Waals surface area contributed by atoms with E-state index in [0.29, 0.717) is 40.8 Å². The van der Waals surface area contributed by atoms with Crippen molar-refractivity contribution in [1.82, 2.24) is 9.88 Å². The van der Waals surface area contributed by atoms with E-state index >= 15 is 4.39 Å². The smallest absolute Gasteiger partial charge is 0.252 e. The predicted molar refractivity (Wildman–Crippen MR) is 148 cm³/mol. The molecule has 1 atom stereocenters. The van der Waals surface area contributed by atoms with Crippen LogP contribution in [-0.2, 0) is 4.74 Å². The Labute approximate surface area is 225 Å². The molecular formula is C26H30ClFN4O4S. The number of nitrogens with two attached hydrogens (primary N) is 1. The van der Waals surface area contributed by atoms with Gasteiger partial charge in [-0.3, -0.25) is 14.7 Å². The van der Waals surface area contributed by atoms with E-state index in [2.05, 4.69) is 15.2 Å². The number of ether oxygens (including phenoxy) is 3. The third-order valence-corrected chi connectivity index (χ3v) is 6.63. The molecule has 1 aromatic heterocycles. The Morgan fingerprint density at radius 2 is 2.05 bits per heavy atom. The summed E-state index contributed by atoms with van der Waals surface area (Å²) in [5.74, 6) is -0.972. The normalized spacial score (nSPS) is 15.3. The van der Waals surface area contributed by atoms with E-state index in [1.54, 1.807) is 25.3 Å². The highest BCUT2D eigenvalue weighted by atomic mass is 35.5. The topological polar surface area (TPSA) is 98.9 Å². The van der Waals surface area contributed by atoms with Gasteiger partial charge in [0, 0.05) is 37.3 Å². The van der Waals surface area contributed by atoms with Gasteiger partial charge in [-0.15, -0.1) is 0 Å². The number of methoxy groups -OCH3 is 2. The van der Waals surface area contributed by atoms with Gasteiger partial charge in [0.2, 0.25) is 0 Å². The van der Waals surface area contributed by atoms with Crippen molar-refractivity contribution in [1.29, 1.82) is 0 Å². The molecule has 0 bridgehead atoms. The summed E-state index contributed by atoms with van der Waals surface area (Å²) in [4.78, 5) is 18.9. The molecule has 1 aliphatic rings. The molecule has 1 aliphatic heterocycles. The van der Waals surface area contributed by atoms with E-state index in [1.165, 1.54) is 25.4 Å². The van der Waals surface area contributed by atoms with Crippen molar-refractivity contribution in [2.75, 3.05) is 39.2 Å². The first kappa shape index (κ1) is 28.5. The molecule has 1 saturated heterocycles. The Balaban J connectivity index is 0.00000380. The first-order chi connectivity index (χ1) is 17.3. The second-order valence-electron chi connectivity index (χ2n) is 8.35. The van der Waals surface area contributed by atoms with Crippen molar-refractivity contribution in [2.45, 2.75) is 26.3 Å². The van der Waals surface area contributed by atoms with Crippen molar-refractivity contribution >= 4 is 51.3 Å². The lowest BCUT2D eigenvalue weighted by Crippen LogP contribution is -2.38. The zero-order valence-corrected chi connectivity index (χ0v) is 21.4. The van der Waals surface area contributed by atoms with Crippen molar-refractivity contribution in [3.8, 4) is 17.2 Å². The molecule has 3 aromatic rings. The molecule has 8 nitrogen and oxygen atoms in total. The summed E-state index contributed by atoms with van der Waals surface area (Å²) in [6.07, 6.45) is 3.63. The number of amides is 1. The van der Waals surface area contributed by atoms with Gasteiger partial charge in [-0.05, 0) is 43.7 Å². The maximum absolute atomic E-state index is 15.2. The highest BCUT2D eigenvalue weighted by Gasteiger charge is 2.25. The standard InChI is InChI=1S/C25H26ClFN4O4S.CH4/c1-33-13-14-4-3-9-31(14)12-22(36)30-17-5-6-20(24(27)23(17)26)35-19-7-8-29-18-11-21(34-2)16(25(28)32)10-15(18)19;/h5-8,10-11,14H,3-4,9,12-13H2,1-2H3,(H2,28,32)(H,30,36);1H4/t14-;/m0./s1. The molecule has 0 saturated carbocycles. The van der Waals surface area contributed by atoms with Crippen molar-refractivity contribution in [2.24, 2.45) is 5.73 Å². The second kappa shape index (κ2) is 12.5. The number of likely N-dealkylation sites (tertiary alicyclic amines) is 1. The van der Waals surface area contributed by atoms with Crippen LogP contribution in [0.4, 0.5) is 10.1 Å². The van der Waals surface area contributed by atoms with Crippen LogP contribution >= 0.6 is 23.8 Å². The number of carbonyl (C=O) groups is 1. The summed E-state index contributed by atoms with van der Waals surface area (Å²) in [6, 6.07) is 7.99. The minimum atomic E-state index is -0.753. The lowest BCUT2D eigenvalue weighted by molar-refractivity contribution is 0.0997. The van der Waals surface area contributed by atoms with Gasteiger partial charge < -0.3 is 25.3 Å². The van der Waals surface area contributed by atoms with Gasteiger partial charge in [-0.25, -0.2) is 4.39 Å². The molecule has 198 valence electrons. The maximum Gasteiger partial charge on any atom is 0.252 e. The van der Waals surface area contributed by atoms with Crippen molar-refractivity contribution in [3.63, 3.8) is 0 Å². The Bertz CT molecular complexity index is 1310. The van der Waals surface area contributed by atoms with Gasteiger partial charge in [0.05, 0.1) is 35.5 Å². The van der Waals surface area contributed by atoms with Crippen LogP contribution in [-0.4, -0.2) is 60.7 Å². The zero-order chi connectivity index (χ0) is 25.8. The number of carbonyl (C=O) groups excluding carboxylic acids is 1. The number of halogens is 2. The number of hydrogen-bond acceptors (Lipinski definition) is 7. The summed E-state index contributed by atoms with van der Waals surface area (Å²) in [6.45, 7) is 2.09. The maximum atomic E-state index is 15.2. The number of thiocarbonyl (C=S) groups is 1. The van der Waals surface area contributed by atoms with Crippen LogP contribution in [0.15, 0.2) is 36.5 Å². The number of aromatic nitrogens is 1. The molecule has 2 aromatic carbocycles. The molecule has 0 spiro atoms. The van der Waals surface area contributed by atoms with Crippen LogP contribution in [0.5, 0.6) is 17.2 Å². The molecule has 0 radical (unpaired) electrons. The minimum absolute atomic E-state index is 0. The molecule has 11 heteroatoms. The number of benzene rings is 2. The average Bonchev–Trinajstić information content (AvgIpc) is 3.29. The monoisotopic (exact) mass is 548 g/mol. The molecule has 0 unspecified atom stereocenters. The van der Waals surface area contributed by atoms with Crippen molar-refractivity contribution in [3.05, 3.63) is 52.9 Å². The molecule has 37 heavy (non-hydrogen) atoms. The number of nitrogens with zero attached hydrogens (tertiary/aromatic N) is 2. The number of rotatable bonds is 9. The van der Waals surface area contributed by atoms with Gasteiger partial charge in [0.25, 0.3) is 5.91 Å². The van der Waals surface area contributed by atoms with Crippen molar-refractivity contribution < 1.29 is 23.4 Å². The van der Waals surface area contributed by atoms with Crippen LogP contribution in [0.2, 0.25) is 5.02 Å². The third kappa shape index (κ3) is 6.27. The van der Waals surface area contributed by atoms with Crippen LogP contribution in [0.25, 0.3) is 10.9 Å². The highest BCUT2D eigenvalue weighted by Crippen LogP contribution is 2.37. The Hall–Kier alpha value is -3.05. The minimum Gasteiger partial charge on any atom is -0.496 e. The van der Waals surface area contributed by atoms with Crippen LogP contribution in [0, 0.1) is 5.82 Å². The molecular weight excluding hydrogens is 519 g/mol. The van der Waals surface area contributed by atoms with Gasteiger partial charge in [-0.1, -0.05) is 31.2 Å². The zero-order valence-electron chi connectivity index (χ0n) is 19.8. The molecule has 3 N–H and O–H groups in total. The Morgan fingerprint density at radius 3 is 2.76 bits per heavy atom. The van der Waals surface area contributed by atoms with E-state index in [4.69, 9.17) is 43.8 Å². The largest absolute Gasteiger partial charge is 0.496 e. The lowest BCUT2D eigenvalue weighted by atomic mass is 10.1. The first-order valence-corrected chi connectivity index (χ1v) is 12.1. The van der Waals surface area contributed by atoms with Crippen LogP contribution in [0.3, 0.4) is 0 Å². The average molecular weight is 549 g/mol. The quantitative estimate of drug-likeness (QED) is 0.342. The number of fused-ring (bicyclic) bond motifs is 1. The summed E-state index contributed by atoms with van der Waals surface area (Å²) in [7, 11) is 3.11. The summed E-state index contributed by atoms with van der Waals surface area (Å²) in [5.41, 5.74) is 6.45. The van der Waals surface area contributed by atoms with E-state index in [1.807, 2.05) is 0 Å². The Kier molecular flexibility index (Phi) is 9.61. The van der Waals surface area contributed by atoms with Gasteiger partial charge in [0.1, 0.15) is 16.5 Å². The number of pyridine rings is 1. The fraction of sp³-hybridized carbons (Fsp3) is 0.346. The van der Waals surface area contributed by atoms with E-state index in [-0.39, 0.29) is 35.3 Å². The fourth-order valence-electron chi connectivity index (χ4n) is 4.28. The van der Waals surface area contributed by atoms with Gasteiger partial charge >= 0.3 is 0 Å². The second-order valence-corrected chi connectivity index (χ2v) is 9.23. The number of hydrogen-bond donors (Lipinski definition) is 2. The predicted octanol–water partition coefficient (Wildman–Crippen LogP) is 5.41. The Morgan fingerprint density at radius 1 is 1.27 bits per heavy atom. The fourth-order valence-corrected chi connectivity index (χ4v) is 4.76. The highest BCUT2D eigenvalue weighted by molar-refractivity contribution is 7.80. The molecule has 4 rings (SSSR count). The number of nitrogens with one attached hydrogen (secondary N) is 1. The van der Waals surface area contributed by atoms with E-state index in [9.17, 15) is 4.79 Å². The van der Waals surface area contributed by atoms with Gasteiger partial charge in [0.15, 0.2) is 11.6 Å². The molecule has 1 fully saturated rings. The number of primary amides is 1. The molecule has 1 amide bonds. The third-order valence-electron chi connectivity index (χ3n) is 6.03. The molecule has 0 aliphatic carbocycles. The van der Waals surface area contributed by atoms with E-state index < -0.39 is 11.7 Å². The number of anilines is 1. The van der Waals surface area contributed by atoms with E-state index in [0.717, 1.165) is 19.4 Å². The first-order valence-electron chi connectivity index (χ1n) is 11.3. The van der Waals surface area contributed by atoms with Crippen LogP contribution in [0.1, 0.15) is 30.6 Å². The summed E-state index contributed by atoms with van der Waals surface area (Å²) >= 11 is 11.8. The van der Waals surface area contributed by atoms with Crippen LogP contribution < -0.4 is 20.5 Å². The molecule has 2 heterocycles. The summed E-state index contributed by atoms with van der Waals surface area (Å²) < 4.78 is 31.6. The SMILES string of the molecule is C.COC[C@@H]1CCCN1CC(=S)Nc1ccc(Oc2ccnc3cc(OC)c(C(N)=O)cc23)c(F)c1Cl. The lowest BCUT2D eigenvalue weighted by Gasteiger charge is -2.24. The van der Waals surface area contributed by atoms with Gasteiger partial charge in [-0.2, -0.15) is 0 Å².